The van der Waals surface area contributed by atoms with Gasteiger partial charge in [0.2, 0.25) is 0 Å². The molecule has 15 heavy (non-hydrogen) atoms. The van der Waals surface area contributed by atoms with Crippen LogP contribution in [0.25, 0.3) is 0 Å². The zero-order chi connectivity index (χ0) is 11.5. The number of hydrogen-bond acceptors (Lipinski definition) is 3. The van der Waals surface area contributed by atoms with E-state index in [0.29, 0.717) is 0 Å². The Morgan fingerprint density at radius 1 is 1.47 bits per heavy atom. The molecule has 0 spiro atoms. The molecule has 2 nitrogen and oxygen atoms in total. The predicted molar refractivity (Wildman–Crippen MR) is 66.2 cm³/mol. The van der Waals surface area contributed by atoms with Crippen molar-refractivity contribution in [2.45, 2.75) is 51.9 Å². The molecule has 1 aromatic heterocycles. The quantitative estimate of drug-likeness (QED) is 0.856. The van der Waals surface area contributed by atoms with Crippen molar-refractivity contribution in [1.29, 1.82) is 0 Å². The van der Waals surface area contributed by atoms with Crippen LogP contribution >= 0.6 is 11.3 Å². The second kappa shape index (κ2) is 5.10. The molecule has 2 N–H and O–H groups in total. The number of hydrogen-bond donors (Lipinski definition) is 1. The molecular weight excluding hydrogens is 206 g/mol. The SMILES string of the molecule is CCC(N)C(OC(C)(C)C)c1ccsc1. The van der Waals surface area contributed by atoms with Crippen LogP contribution in [-0.4, -0.2) is 11.6 Å². The monoisotopic (exact) mass is 227 g/mol. The molecule has 86 valence electrons. The van der Waals surface area contributed by atoms with E-state index >= 15 is 0 Å². The molecule has 1 aromatic rings. The van der Waals surface area contributed by atoms with Gasteiger partial charge < -0.3 is 10.5 Å². The minimum absolute atomic E-state index is 0.0150. The van der Waals surface area contributed by atoms with Crippen LogP contribution in [0, 0.1) is 0 Å². The van der Waals surface area contributed by atoms with Gasteiger partial charge in [-0.05, 0) is 49.6 Å². The minimum atomic E-state index is -0.153. The normalized spacial score (nSPS) is 16.3. The minimum Gasteiger partial charge on any atom is -0.366 e. The van der Waals surface area contributed by atoms with Gasteiger partial charge in [0.05, 0.1) is 11.7 Å². The van der Waals surface area contributed by atoms with Crippen molar-refractivity contribution in [3.63, 3.8) is 0 Å². The van der Waals surface area contributed by atoms with Crippen LogP contribution in [0.3, 0.4) is 0 Å². The summed E-state index contributed by atoms with van der Waals surface area (Å²) in [5.41, 5.74) is 7.14. The van der Waals surface area contributed by atoms with Gasteiger partial charge in [0.1, 0.15) is 0 Å². The van der Waals surface area contributed by atoms with Gasteiger partial charge in [-0.25, -0.2) is 0 Å². The third-order valence-electron chi connectivity index (χ3n) is 2.21. The summed E-state index contributed by atoms with van der Waals surface area (Å²) in [4.78, 5) is 0. The molecular formula is C12H21NOS. The van der Waals surface area contributed by atoms with Gasteiger partial charge in [-0.3, -0.25) is 0 Å². The summed E-state index contributed by atoms with van der Waals surface area (Å²) in [6.45, 7) is 8.29. The van der Waals surface area contributed by atoms with Gasteiger partial charge in [0.25, 0.3) is 0 Å². The van der Waals surface area contributed by atoms with Crippen LogP contribution in [0.1, 0.15) is 45.8 Å². The van der Waals surface area contributed by atoms with E-state index in [1.165, 1.54) is 5.56 Å². The summed E-state index contributed by atoms with van der Waals surface area (Å²) in [5, 5.41) is 4.18. The highest BCUT2D eigenvalue weighted by atomic mass is 32.1. The first-order chi connectivity index (χ1) is 6.94. The number of rotatable bonds is 4. The first kappa shape index (κ1) is 12.7. The molecule has 0 saturated heterocycles. The van der Waals surface area contributed by atoms with Crippen molar-refractivity contribution < 1.29 is 4.74 Å². The maximum Gasteiger partial charge on any atom is 0.0990 e. The van der Waals surface area contributed by atoms with Crippen molar-refractivity contribution in [1.82, 2.24) is 0 Å². The topological polar surface area (TPSA) is 35.2 Å². The summed E-state index contributed by atoms with van der Waals surface area (Å²) in [5.74, 6) is 0. The molecule has 0 bridgehead atoms. The van der Waals surface area contributed by atoms with Gasteiger partial charge in [0.15, 0.2) is 0 Å². The highest BCUT2D eigenvalue weighted by molar-refractivity contribution is 7.07. The van der Waals surface area contributed by atoms with Crippen LogP contribution in [0.15, 0.2) is 16.8 Å². The van der Waals surface area contributed by atoms with E-state index in [-0.39, 0.29) is 17.7 Å². The van der Waals surface area contributed by atoms with Crippen molar-refractivity contribution in [3.05, 3.63) is 22.4 Å². The lowest BCUT2D eigenvalue weighted by molar-refractivity contribution is -0.0726. The van der Waals surface area contributed by atoms with Crippen molar-refractivity contribution in [2.75, 3.05) is 0 Å². The third-order valence-corrected chi connectivity index (χ3v) is 2.91. The number of nitrogens with two attached hydrogens (primary N) is 1. The Hall–Kier alpha value is -0.380. The fourth-order valence-corrected chi connectivity index (χ4v) is 2.12. The first-order valence-corrected chi connectivity index (χ1v) is 6.34. The molecule has 2 atom stereocenters. The van der Waals surface area contributed by atoms with Gasteiger partial charge in [-0.15, -0.1) is 0 Å². The molecule has 0 saturated carbocycles. The summed E-state index contributed by atoms with van der Waals surface area (Å²) >= 11 is 1.69. The van der Waals surface area contributed by atoms with E-state index in [1.54, 1.807) is 11.3 Å². The summed E-state index contributed by atoms with van der Waals surface area (Å²) in [6, 6.07) is 2.16. The average Bonchev–Trinajstić information content (AvgIpc) is 2.64. The molecule has 0 aromatic carbocycles. The van der Waals surface area contributed by atoms with E-state index in [4.69, 9.17) is 10.5 Å². The fourth-order valence-electron chi connectivity index (χ4n) is 1.43. The molecule has 1 heterocycles. The second-order valence-corrected chi connectivity index (χ2v) is 5.56. The fraction of sp³-hybridized carbons (Fsp3) is 0.667. The molecule has 0 radical (unpaired) electrons. The van der Waals surface area contributed by atoms with Crippen LogP contribution in [-0.2, 0) is 4.74 Å². The highest BCUT2D eigenvalue weighted by Gasteiger charge is 2.25. The van der Waals surface area contributed by atoms with Gasteiger partial charge in [-0.1, -0.05) is 6.92 Å². The smallest absolute Gasteiger partial charge is 0.0990 e. The highest BCUT2D eigenvalue weighted by Crippen LogP contribution is 2.28. The second-order valence-electron chi connectivity index (χ2n) is 4.78. The molecule has 1 rings (SSSR count). The van der Waals surface area contributed by atoms with Gasteiger partial charge >= 0.3 is 0 Å². The Balaban J connectivity index is 2.79. The molecule has 0 amide bonds. The van der Waals surface area contributed by atoms with E-state index in [9.17, 15) is 0 Å². The van der Waals surface area contributed by atoms with E-state index in [2.05, 4.69) is 44.5 Å². The van der Waals surface area contributed by atoms with Crippen LogP contribution < -0.4 is 5.73 Å². The maximum absolute atomic E-state index is 6.10. The van der Waals surface area contributed by atoms with Crippen LogP contribution in [0.4, 0.5) is 0 Å². The maximum atomic E-state index is 6.10. The largest absolute Gasteiger partial charge is 0.366 e. The van der Waals surface area contributed by atoms with Gasteiger partial charge in [0, 0.05) is 6.04 Å². The Kier molecular flexibility index (Phi) is 4.32. The van der Waals surface area contributed by atoms with E-state index in [0.717, 1.165) is 6.42 Å². The summed E-state index contributed by atoms with van der Waals surface area (Å²) < 4.78 is 6.02. The molecule has 0 aliphatic rings. The molecule has 0 aliphatic heterocycles. The van der Waals surface area contributed by atoms with E-state index < -0.39 is 0 Å². The zero-order valence-electron chi connectivity index (χ0n) is 9.99. The van der Waals surface area contributed by atoms with Crippen molar-refractivity contribution in [2.24, 2.45) is 5.73 Å². The Morgan fingerprint density at radius 3 is 2.53 bits per heavy atom. The summed E-state index contributed by atoms with van der Waals surface area (Å²) in [7, 11) is 0. The van der Waals surface area contributed by atoms with Gasteiger partial charge in [-0.2, -0.15) is 11.3 Å². The third kappa shape index (κ3) is 3.93. The predicted octanol–water partition coefficient (Wildman–Crippen LogP) is 3.34. The first-order valence-electron chi connectivity index (χ1n) is 5.39. The average molecular weight is 227 g/mol. The lowest BCUT2D eigenvalue weighted by Crippen LogP contribution is -2.34. The van der Waals surface area contributed by atoms with Crippen molar-refractivity contribution in [3.8, 4) is 0 Å². The zero-order valence-corrected chi connectivity index (χ0v) is 10.8. The lowest BCUT2D eigenvalue weighted by Gasteiger charge is -2.30. The molecule has 0 fully saturated rings. The Bertz CT molecular complexity index is 276. The van der Waals surface area contributed by atoms with Crippen molar-refractivity contribution >= 4 is 11.3 Å². The molecule has 3 heteroatoms. The molecule has 0 aliphatic carbocycles. The summed E-state index contributed by atoms with van der Waals surface area (Å²) in [6.07, 6.45) is 0.942. The standard InChI is InChI=1S/C12H21NOS/c1-5-10(13)11(14-12(2,3)4)9-6-7-15-8-9/h6-8,10-11H,5,13H2,1-4H3. The number of thiophene rings is 1. The molecule has 2 unspecified atom stereocenters. The lowest BCUT2D eigenvalue weighted by atomic mass is 10.0. The Labute approximate surface area is 96.4 Å². The van der Waals surface area contributed by atoms with Crippen LogP contribution in [0.5, 0.6) is 0 Å². The van der Waals surface area contributed by atoms with E-state index in [1.807, 2.05) is 0 Å². The van der Waals surface area contributed by atoms with Crippen LogP contribution in [0.2, 0.25) is 0 Å². The number of ether oxygens (including phenoxy) is 1. The Morgan fingerprint density at radius 2 is 2.13 bits per heavy atom.